The van der Waals surface area contributed by atoms with E-state index in [0.717, 1.165) is 37.7 Å². The first-order valence-electron chi connectivity index (χ1n) is 8.87. The molecule has 2 aliphatic rings. The Kier molecular flexibility index (Phi) is 4.61. The topological polar surface area (TPSA) is 49.3 Å². The molecule has 0 radical (unpaired) electrons. The molecular formula is C20H22ClNO2S. The molecule has 1 aromatic heterocycles. The quantitative estimate of drug-likeness (QED) is 0.811. The second kappa shape index (κ2) is 6.75. The Balaban J connectivity index is 1.57. The van der Waals surface area contributed by atoms with Crippen molar-refractivity contribution in [2.24, 2.45) is 5.92 Å². The Morgan fingerprint density at radius 2 is 1.96 bits per heavy atom. The van der Waals surface area contributed by atoms with E-state index in [1.54, 1.807) is 11.3 Å². The standard InChI is InChI=1S/C20H22ClNO2S/c21-15-6-4-14(5-7-15)20(8-2-9-20)19(24)22-18(13-11-16(23)12-13)17-3-1-10-25-17/h1,3-7,10,13,16,18,23H,2,8-9,11-12H2,(H,22,24). The van der Waals surface area contributed by atoms with Crippen LogP contribution in [0.3, 0.4) is 0 Å². The normalized spacial score (nSPS) is 25.5. The van der Waals surface area contributed by atoms with E-state index in [2.05, 4.69) is 11.4 Å². The number of hydrogen-bond acceptors (Lipinski definition) is 3. The van der Waals surface area contributed by atoms with Crippen LogP contribution in [0.2, 0.25) is 5.02 Å². The number of hydrogen-bond donors (Lipinski definition) is 2. The number of aliphatic hydroxyl groups excluding tert-OH is 1. The molecule has 2 N–H and O–H groups in total. The van der Waals surface area contributed by atoms with Crippen molar-refractivity contribution in [1.82, 2.24) is 5.32 Å². The molecule has 0 spiro atoms. The molecule has 1 amide bonds. The molecule has 3 nitrogen and oxygen atoms in total. The summed E-state index contributed by atoms with van der Waals surface area (Å²) in [7, 11) is 0. The highest BCUT2D eigenvalue weighted by molar-refractivity contribution is 7.10. The van der Waals surface area contributed by atoms with Crippen molar-refractivity contribution < 1.29 is 9.90 Å². The fourth-order valence-electron chi connectivity index (χ4n) is 4.02. The van der Waals surface area contributed by atoms with Gasteiger partial charge in [0.25, 0.3) is 0 Å². The van der Waals surface area contributed by atoms with Crippen molar-refractivity contribution in [3.63, 3.8) is 0 Å². The summed E-state index contributed by atoms with van der Waals surface area (Å²) in [6.45, 7) is 0. The zero-order valence-electron chi connectivity index (χ0n) is 14.0. The van der Waals surface area contributed by atoms with Crippen molar-refractivity contribution in [2.75, 3.05) is 0 Å². The lowest BCUT2D eigenvalue weighted by Gasteiger charge is -2.44. The smallest absolute Gasteiger partial charge is 0.231 e. The van der Waals surface area contributed by atoms with Gasteiger partial charge in [-0.3, -0.25) is 4.79 Å². The summed E-state index contributed by atoms with van der Waals surface area (Å²) in [5, 5.41) is 15.8. The van der Waals surface area contributed by atoms with Gasteiger partial charge in [-0.05, 0) is 60.7 Å². The van der Waals surface area contributed by atoms with Crippen molar-refractivity contribution in [3.8, 4) is 0 Å². The fourth-order valence-corrected chi connectivity index (χ4v) is 5.01. The lowest BCUT2D eigenvalue weighted by atomic mass is 9.63. The van der Waals surface area contributed by atoms with Crippen molar-refractivity contribution in [3.05, 3.63) is 57.2 Å². The van der Waals surface area contributed by atoms with Crippen LogP contribution in [0.5, 0.6) is 0 Å². The zero-order valence-corrected chi connectivity index (χ0v) is 15.5. The molecule has 1 aromatic carbocycles. The molecule has 1 unspecified atom stereocenters. The Bertz CT molecular complexity index is 734. The lowest BCUT2D eigenvalue weighted by Crippen LogP contribution is -2.52. The summed E-state index contributed by atoms with van der Waals surface area (Å²) in [5.41, 5.74) is 0.627. The number of aliphatic hydroxyl groups is 1. The molecule has 25 heavy (non-hydrogen) atoms. The lowest BCUT2D eigenvalue weighted by molar-refractivity contribution is -0.132. The largest absolute Gasteiger partial charge is 0.393 e. The van der Waals surface area contributed by atoms with Gasteiger partial charge in [0.1, 0.15) is 0 Å². The average molecular weight is 376 g/mol. The first-order valence-corrected chi connectivity index (χ1v) is 10.1. The molecule has 2 fully saturated rings. The number of thiophene rings is 1. The van der Waals surface area contributed by atoms with E-state index in [-0.39, 0.29) is 18.1 Å². The van der Waals surface area contributed by atoms with Crippen LogP contribution in [0.4, 0.5) is 0 Å². The molecule has 1 atom stereocenters. The van der Waals surface area contributed by atoms with E-state index in [9.17, 15) is 9.90 Å². The molecule has 132 valence electrons. The molecule has 1 heterocycles. The van der Waals surface area contributed by atoms with Gasteiger partial charge in [0, 0.05) is 9.90 Å². The third-order valence-electron chi connectivity index (χ3n) is 5.80. The molecular weight excluding hydrogens is 354 g/mol. The molecule has 0 bridgehead atoms. The van der Waals surface area contributed by atoms with Crippen molar-refractivity contribution >= 4 is 28.8 Å². The number of carbonyl (C=O) groups is 1. The van der Waals surface area contributed by atoms with Gasteiger partial charge in [-0.2, -0.15) is 0 Å². The SMILES string of the molecule is O=C(NC(c1cccs1)C1CC(O)C1)C1(c2ccc(Cl)cc2)CCC1. The second-order valence-electron chi connectivity index (χ2n) is 7.29. The van der Waals surface area contributed by atoms with Crippen LogP contribution in [-0.4, -0.2) is 17.1 Å². The number of amides is 1. The van der Waals surface area contributed by atoms with Crippen LogP contribution in [0.15, 0.2) is 41.8 Å². The van der Waals surface area contributed by atoms with Gasteiger partial charge in [-0.25, -0.2) is 0 Å². The van der Waals surface area contributed by atoms with Gasteiger partial charge in [0.2, 0.25) is 5.91 Å². The Hall–Kier alpha value is -1.36. The average Bonchev–Trinajstić information content (AvgIpc) is 3.05. The minimum atomic E-state index is -0.428. The van der Waals surface area contributed by atoms with Crippen LogP contribution >= 0.6 is 22.9 Å². The van der Waals surface area contributed by atoms with Gasteiger partial charge in [0.05, 0.1) is 17.6 Å². The molecule has 4 rings (SSSR count). The zero-order chi connectivity index (χ0) is 17.4. The number of rotatable bonds is 5. The molecule has 0 saturated heterocycles. The number of benzene rings is 1. The van der Waals surface area contributed by atoms with E-state index in [1.165, 1.54) is 4.88 Å². The third kappa shape index (κ3) is 3.12. The first kappa shape index (κ1) is 17.1. The van der Waals surface area contributed by atoms with Crippen LogP contribution in [0, 0.1) is 5.92 Å². The predicted octanol–water partition coefficient (Wildman–Crippen LogP) is 4.45. The maximum Gasteiger partial charge on any atom is 0.231 e. The van der Waals surface area contributed by atoms with Gasteiger partial charge < -0.3 is 10.4 Å². The minimum Gasteiger partial charge on any atom is -0.393 e. The Labute approximate surface area is 157 Å². The van der Waals surface area contributed by atoms with E-state index < -0.39 is 5.41 Å². The molecule has 0 aliphatic heterocycles. The van der Waals surface area contributed by atoms with Crippen LogP contribution < -0.4 is 5.32 Å². The van der Waals surface area contributed by atoms with E-state index in [1.807, 2.05) is 35.7 Å². The Morgan fingerprint density at radius 3 is 2.48 bits per heavy atom. The summed E-state index contributed by atoms with van der Waals surface area (Å²) in [5.74, 6) is 0.431. The van der Waals surface area contributed by atoms with E-state index in [4.69, 9.17) is 11.6 Å². The van der Waals surface area contributed by atoms with Crippen molar-refractivity contribution in [2.45, 2.75) is 49.7 Å². The summed E-state index contributed by atoms with van der Waals surface area (Å²) < 4.78 is 0. The van der Waals surface area contributed by atoms with Crippen LogP contribution in [0.1, 0.15) is 48.6 Å². The number of nitrogens with one attached hydrogen (secondary N) is 1. The Morgan fingerprint density at radius 1 is 1.24 bits per heavy atom. The second-order valence-corrected chi connectivity index (χ2v) is 8.71. The van der Waals surface area contributed by atoms with Crippen LogP contribution in [0.25, 0.3) is 0 Å². The van der Waals surface area contributed by atoms with Gasteiger partial charge in [-0.15, -0.1) is 11.3 Å². The number of halogens is 1. The van der Waals surface area contributed by atoms with Gasteiger partial charge in [0.15, 0.2) is 0 Å². The first-order chi connectivity index (χ1) is 12.1. The van der Waals surface area contributed by atoms with Gasteiger partial charge >= 0.3 is 0 Å². The maximum atomic E-state index is 13.3. The number of carbonyl (C=O) groups excluding carboxylic acids is 1. The highest BCUT2D eigenvalue weighted by Crippen LogP contribution is 2.46. The summed E-state index contributed by atoms with van der Waals surface area (Å²) in [6, 6.07) is 11.8. The fraction of sp³-hybridized carbons (Fsp3) is 0.450. The molecule has 2 aliphatic carbocycles. The van der Waals surface area contributed by atoms with E-state index >= 15 is 0 Å². The molecule has 5 heteroatoms. The highest BCUT2D eigenvalue weighted by Gasteiger charge is 2.47. The van der Waals surface area contributed by atoms with E-state index in [0.29, 0.717) is 10.9 Å². The highest BCUT2D eigenvalue weighted by atomic mass is 35.5. The molecule has 2 aromatic rings. The molecule has 2 saturated carbocycles. The maximum absolute atomic E-state index is 13.3. The monoisotopic (exact) mass is 375 g/mol. The predicted molar refractivity (Wildman–Crippen MR) is 101 cm³/mol. The summed E-state index contributed by atoms with van der Waals surface area (Å²) >= 11 is 7.69. The summed E-state index contributed by atoms with van der Waals surface area (Å²) in [4.78, 5) is 14.4. The van der Waals surface area contributed by atoms with Gasteiger partial charge in [-0.1, -0.05) is 36.2 Å². The van der Waals surface area contributed by atoms with Crippen molar-refractivity contribution in [1.29, 1.82) is 0 Å². The summed E-state index contributed by atoms with van der Waals surface area (Å²) in [6.07, 6.45) is 4.13. The minimum absolute atomic E-state index is 0.000625. The third-order valence-corrected chi connectivity index (χ3v) is 7.00. The van der Waals surface area contributed by atoms with Crippen LogP contribution in [-0.2, 0) is 10.2 Å².